The van der Waals surface area contributed by atoms with Crippen LogP contribution in [0.25, 0.3) is 11.0 Å². The first kappa shape index (κ1) is 7.91. The number of aromatic amines is 1. The van der Waals surface area contributed by atoms with E-state index in [1.54, 1.807) is 12.1 Å². The first-order valence-electron chi connectivity index (χ1n) is 4.01. The smallest absolute Gasteiger partial charge is 0.178 e. The Morgan fingerprint density at radius 1 is 1.46 bits per heavy atom. The fourth-order valence-electron chi connectivity index (χ4n) is 1.21. The Balaban J connectivity index is 2.72. The molecule has 1 N–H and O–H groups in total. The highest BCUT2D eigenvalue weighted by molar-refractivity contribution is 5.94. The largest absolute Gasteiger partial charge is 0.293 e. The summed E-state index contributed by atoms with van der Waals surface area (Å²) in [6.45, 7) is 3.38. The third-order valence-electron chi connectivity index (χ3n) is 1.93. The average molecular weight is 175 g/mol. The van der Waals surface area contributed by atoms with E-state index in [4.69, 9.17) is 0 Å². The molecule has 2 aromatic rings. The summed E-state index contributed by atoms with van der Waals surface area (Å²) in [6, 6.07) is 3.48. The van der Waals surface area contributed by atoms with Crippen molar-refractivity contribution in [1.29, 1.82) is 0 Å². The standard InChI is InChI=1S/C9H9N3O/c1-5-9-8(12-11-5)4-3-7(10-9)6(2)13/h3-4H,1-2H3,(H,11,12). The van der Waals surface area contributed by atoms with Gasteiger partial charge in [0.1, 0.15) is 16.7 Å². The highest BCUT2D eigenvalue weighted by Crippen LogP contribution is 2.12. The van der Waals surface area contributed by atoms with E-state index in [-0.39, 0.29) is 5.78 Å². The van der Waals surface area contributed by atoms with E-state index < -0.39 is 0 Å². The van der Waals surface area contributed by atoms with Gasteiger partial charge < -0.3 is 0 Å². The number of carbonyl (C=O) groups is 1. The molecule has 0 unspecified atom stereocenters. The first-order chi connectivity index (χ1) is 6.18. The van der Waals surface area contributed by atoms with E-state index in [9.17, 15) is 4.79 Å². The maximum Gasteiger partial charge on any atom is 0.178 e. The molecule has 2 heterocycles. The van der Waals surface area contributed by atoms with Crippen LogP contribution < -0.4 is 0 Å². The molecule has 0 fully saturated rings. The van der Waals surface area contributed by atoms with Crippen molar-refractivity contribution < 1.29 is 4.79 Å². The third kappa shape index (κ3) is 1.20. The molecule has 0 saturated carbocycles. The van der Waals surface area contributed by atoms with E-state index in [0.29, 0.717) is 5.69 Å². The van der Waals surface area contributed by atoms with Crippen molar-refractivity contribution in [3.8, 4) is 0 Å². The molecule has 0 bridgehead atoms. The third-order valence-corrected chi connectivity index (χ3v) is 1.93. The number of aryl methyl sites for hydroxylation is 1. The fourth-order valence-corrected chi connectivity index (χ4v) is 1.21. The lowest BCUT2D eigenvalue weighted by atomic mass is 10.2. The van der Waals surface area contributed by atoms with Crippen molar-refractivity contribution in [3.63, 3.8) is 0 Å². The SMILES string of the molecule is CC(=O)c1ccc2n[nH]c(C)c2n1. The molecule has 66 valence electrons. The quantitative estimate of drug-likeness (QED) is 0.667. The summed E-state index contributed by atoms with van der Waals surface area (Å²) in [5.74, 6) is -0.0255. The van der Waals surface area contributed by atoms with Gasteiger partial charge in [-0.25, -0.2) is 4.98 Å². The van der Waals surface area contributed by atoms with Crippen LogP contribution in [0.1, 0.15) is 23.1 Å². The van der Waals surface area contributed by atoms with Crippen LogP contribution in [0.2, 0.25) is 0 Å². The number of hydrogen-bond acceptors (Lipinski definition) is 3. The van der Waals surface area contributed by atoms with Crippen LogP contribution in [0.5, 0.6) is 0 Å². The van der Waals surface area contributed by atoms with Gasteiger partial charge in [0.05, 0.1) is 5.69 Å². The Labute approximate surface area is 75.0 Å². The average Bonchev–Trinajstić information content (AvgIpc) is 2.47. The van der Waals surface area contributed by atoms with Crippen LogP contribution in [0, 0.1) is 6.92 Å². The van der Waals surface area contributed by atoms with Gasteiger partial charge in [-0.1, -0.05) is 0 Å². The van der Waals surface area contributed by atoms with Crippen LogP contribution in [-0.2, 0) is 0 Å². The number of nitrogens with zero attached hydrogens (tertiary/aromatic N) is 2. The highest BCUT2D eigenvalue weighted by Gasteiger charge is 2.06. The van der Waals surface area contributed by atoms with Gasteiger partial charge >= 0.3 is 0 Å². The summed E-state index contributed by atoms with van der Waals surface area (Å²) < 4.78 is 0. The molecule has 0 spiro atoms. The van der Waals surface area contributed by atoms with Gasteiger partial charge in [-0.05, 0) is 19.1 Å². The van der Waals surface area contributed by atoms with Gasteiger partial charge in [-0.15, -0.1) is 0 Å². The van der Waals surface area contributed by atoms with Crippen molar-refractivity contribution in [2.75, 3.05) is 0 Å². The summed E-state index contributed by atoms with van der Waals surface area (Å²) in [4.78, 5) is 15.2. The van der Waals surface area contributed by atoms with E-state index in [0.717, 1.165) is 16.7 Å². The zero-order chi connectivity index (χ0) is 9.42. The Morgan fingerprint density at radius 2 is 2.23 bits per heavy atom. The van der Waals surface area contributed by atoms with E-state index in [2.05, 4.69) is 15.2 Å². The normalized spacial score (nSPS) is 10.6. The molecule has 2 rings (SSSR count). The minimum atomic E-state index is -0.0255. The Kier molecular flexibility index (Phi) is 1.62. The molecule has 0 atom stereocenters. The topological polar surface area (TPSA) is 58.6 Å². The van der Waals surface area contributed by atoms with Gasteiger partial charge in [0.25, 0.3) is 0 Å². The van der Waals surface area contributed by atoms with Gasteiger partial charge in [0, 0.05) is 6.92 Å². The van der Waals surface area contributed by atoms with Crippen LogP contribution in [0.15, 0.2) is 12.1 Å². The molecule has 0 aliphatic heterocycles. The van der Waals surface area contributed by atoms with Gasteiger partial charge in [0.15, 0.2) is 5.78 Å². The van der Waals surface area contributed by atoms with Crippen LogP contribution in [0.3, 0.4) is 0 Å². The number of aromatic nitrogens is 3. The Hall–Kier alpha value is -1.71. The second-order valence-corrected chi connectivity index (χ2v) is 2.97. The van der Waals surface area contributed by atoms with Crippen LogP contribution >= 0.6 is 0 Å². The Bertz CT molecular complexity index is 473. The molecule has 13 heavy (non-hydrogen) atoms. The van der Waals surface area contributed by atoms with E-state index in [1.165, 1.54) is 6.92 Å². The number of H-pyrrole nitrogens is 1. The molecule has 0 saturated heterocycles. The van der Waals surface area contributed by atoms with Crippen molar-refractivity contribution in [3.05, 3.63) is 23.5 Å². The van der Waals surface area contributed by atoms with Crippen molar-refractivity contribution >= 4 is 16.8 Å². The molecule has 0 aliphatic rings. The number of fused-ring (bicyclic) bond motifs is 1. The lowest BCUT2D eigenvalue weighted by Gasteiger charge is -1.93. The minimum Gasteiger partial charge on any atom is -0.293 e. The predicted molar refractivity (Wildman–Crippen MR) is 48.6 cm³/mol. The number of rotatable bonds is 1. The zero-order valence-corrected chi connectivity index (χ0v) is 7.46. The monoisotopic (exact) mass is 175 g/mol. The summed E-state index contributed by atoms with van der Waals surface area (Å²) in [6.07, 6.45) is 0. The summed E-state index contributed by atoms with van der Waals surface area (Å²) in [5, 5.41) is 6.84. The summed E-state index contributed by atoms with van der Waals surface area (Å²) >= 11 is 0. The fraction of sp³-hybridized carbons (Fsp3) is 0.222. The van der Waals surface area contributed by atoms with E-state index in [1.807, 2.05) is 6.92 Å². The highest BCUT2D eigenvalue weighted by atomic mass is 16.1. The number of nitrogens with one attached hydrogen (secondary N) is 1. The number of carbonyl (C=O) groups excluding carboxylic acids is 1. The van der Waals surface area contributed by atoms with Crippen molar-refractivity contribution in [2.24, 2.45) is 0 Å². The van der Waals surface area contributed by atoms with Gasteiger partial charge in [-0.2, -0.15) is 5.10 Å². The summed E-state index contributed by atoms with van der Waals surface area (Å²) in [5.41, 5.74) is 2.94. The molecular formula is C9H9N3O. The van der Waals surface area contributed by atoms with Gasteiger partial charge in [0.2, 0.25) is 0 Å². The summed E-state index contributed by atoms with van der Waals surface area (Å²) in [7, 11) is 0. The second-order valence-electron chi connectivity index (χ2n) is 2.97. The van der Waals surface area contributed by atoms with Crippen LogP contribution in [0.4, 0.5) is 0 Å². The van der Waals surface area contributed by atoms with E-state index >= 15 is 0 Å². The van der Waals surface area contributed by atoms with Crippen LogP contribution in [-0.4, -0.2) is 21.0 Å². The lowest BCUT2D eigenvalue weighted by Crippen LogP contribution is -1.95. The minimum absolute atomic E-state index is 0.0255. The molecule has 0 aliphatic carbocycles. The molecular weight excluding hydrogens is 166 g/mol. The molecule has 0 amide bonds. The first-order valence-corrected chi connectivity index (χ1v) is 4.01. The number of Topliss-reactive ketones (excluding diaryl/α,β-unsaturated/α-hetero) is 1. The van der Waals surface area contributed by atoms with Crippen molar-refractivity contribution in [1.82, 2.24) is 15.2 Å². The number of ketones is 1. The molecule has 4 heteroatoms. The molecule has 0 radical (unpaired) electrons. The number of hydrogen-bond donors (Lipinski definition) is 1. The number of pyridine rings is 1. The predicted octanol–water partition coefficient (Wildman–Crippen LogP) is 1.47. The molecule has 4 nitrogen and oxygen atoms in total. The second kappa shape index (κ2) is 2.65. The van der Waals surface area contributed by atoms with Crippen molar-refractivity contribution in [2.45, 2.75) is 13.8 Å². The maximum atomic E-state index is 11.0. The zero-order valence-electron chi connectivity index (χ0n) is 7.46. The molecule has 2 aromatic heterocycles. The maximum absolute atomic E-state index is 11.0. The molecule has 0 aromatic carbocycles. The lowest BCUT2D eigenvalue weighted by molar-refractivity contribution is 0.101. The Morgan fingerprint density at radius 3 is 2.92 bits per heavy atom. The van der Waals surface area contributed by atoms with Gasteiger partial charge in [-0.3, -0.25) is 9.89 Å².